The number of methoxy groups -OCH3 is 1. The summed E-state index contributed by atoms with van der Waals surface area (Å²) in [6, 6.07) is 10.3. The van der Waals surface area contributed by atoms with Crippen molar-refractivity contribution >= 4 is 35.8 Å². The Kier molecular flexibility index (Phi) is 9.90. The minimum atomic E-state index is 0. The molecule has 1 saturated heterocycles. The molecule has 0 unspecified atom stereocenters. The number of aromatic nitrogens is 1. The van der Waals surface area contributed by atoms with Gasteiger partial charge in [-0.25, -0.2) is 4.98 Å². The van der Waals surface area contributed by atoms with E-state index in [0.29, 0.717) is 13.1 Å². The lowest BCUT2D eigenvalue weighted by Crippen LogP contribution is -2.36. The Morgan fingerprint density at radius 2 is 1.82 bits per heavy atom. The highest BCUT2D eigenvalue weighted by Crippen LogP contribution is 2.34. The summed E-state index contributed by atoms with van der Waals surface area (Å²) in [5, 5.41) is 6.78. The topological polar surface area (TPSA) is 71.0 Å². The van der Waals surface area contributed by atoms with Gasteiger partial charge in [0.05, 0.1) is 13.2 Å². The number of nitrogens with zero attached hydrogens (tertiary/aromatic N) is 3. The van der Waals surface area contributed by atoms with Gasteiger partial charge in [-0.2, -0.15) is 0 Å². The van der Waals surface area contributed by atoms with Crippen LogP contribution in [0.3, 0.4) is 0 Å². The number of nitrogens with one attached hydrogen (secondary N) is 2. The minimum absolute atomic E-state index is 0. The minimum Gasteiger partial charge on any atom is -0.493 e. The second-order valence-corrected chi connectivity index (χ2v) is 8.47. The van der Waals surface area contributed by atoms with Crippen LogP contribution in [0.2, 0.25) is 0 Å². The SMILES string of the molecule is CN=C(NCc1ccc(N2CCCC2)nc1)NCc1cccc(OC)c1OC1CCCC1.I. The van der Waals surface area contributed by atoms with E-state index < -0.39 is 0 Å². The van der Waals surface area contributed by atoms with Crippen molar-refractivity contribution in [2.45, 2.75) is 57.7 Å². The first kappa shape index (κ1) is 25.4. The summed E-state index contributed by atoms with van der Waals surface area (Å²) in [7, 11) is 3.48. The highest BCUT2D eigenvalue weighted by molar-refractivity contribution is 14.0. The van der Waals surface area contributed by atoms with Crippen molar-refractivity contribution in [1.82, 2.24) is 15.6 Å². The number of guanidine groups is 1. The highest BCUT2D eigenvalue weighted by Gasteiger charge is 2.20. The van der Waals surface area contributed by atoms with Gasteiger partial charge in [0.1, 0.15) is 5.82 Å². The maximum atomic E-state index is 6.34. The van der Waals surface area contributed by atoms with Crippen LogP contribution in [0.5, 0.6) is 11.5 Å². The fourth-order valence-corrected chi connectivity index (χ4v) is 4.41. The molecule has 8 heteroatoms. The van der Waals surface area contributed by atoms with E-state index in [1.807, 2.05) is 18.3 Å². The molecular formula is C25H36IN5O2. The number of pyridine rings is 1. The van der Waals surface area contributed by atoms with Crippen LogP contribution in [0.15, 0.2) is 41.5 Å². The zero-order valence-electron chi connectivity index (χ0n) is 19.7. The summed E-state index contributed by atoms with van der Waals surface area (Å²) < 4.78 is 11.9. The summed E-state index contributed by atoms with van der Waals surface area (Å²) in [6.07, 6.45) is 9.43. The number of hydrogen-bond acceptors (Lipinski definition) is 5. The van der Waals surface area contributed by atoms with E-state index in [0.717, 1.165) is 60.3 Å². The van der Waals surface area contributed by atoms with Crippen molar-refractivity contribution in [3.8, 4) is 11.5 Å². The molecule has 1 saturated carbocycles. The first-order chi connectivity index (χ1) is 15.8. The molecule has 33 heavy (non-hydrogen) atoms. The lowest BCUT2D eigenvalue weighted by Gasteiger charge is -2.20. The normalized spacial score (nSPS) is 16.4. The van der Waals surface area contributed by atoms with Crippen LogP contribution >= 0.6 is 24.0 Å². The number of anilines is 1. The van der Waals surface area contributed by atoms with Crippen LogP contribution in [0.1, 0.15) is 49.7 Å². The quantitative estimate of drug-likeness (QED) is 0.279. The van der Waals surface area contributed by atoms with Gasteiger partial charge in [-0.15, -0.1) is 24.0 Å². The van der Waals surface area contributed by atoms with E-state index >= 15 is 0 Å². The molecular weight excluding hydrogens is 529 g/mol. The van der Waals surface area contributed by atoms with Gasteiger partial charge in [-0.3, -0.25) is 4.99 Å². The molecule has 2 aliphatic rings. The van der Waals surface area contributed by atoms with Gasteiger partial charge in [0.25, 0.3) is 0 Å². The summed E-state index contributed by atoms with van der Waals surface area (Å²) in [5.41, 5.74) is 2.19. The third-order valence-electron chi connectivity index (χ3n) is 6.24. The molecule has 0 amide bonds. The predicted molar refractivity (Wildman–Crippen MR) is 144 cm³/mol. The number of ether oxygens (including phenoxy) is 2. The molecule has 0 spiro atoms. The van der Waals surface area contributed by atoms with Crippen molar-refractivity contribution in [2.24, 2.45) is 4.99 Å². The lowest BCUT2D eigenvalue weighted by atomic mass is 10.1. The first-order valence-corrected chi connectivity index (χ1v) is 11.7. The summed E-state index contributed by atoms with van der Waals surface area (Å²) in [5.74, 6) is 3.43. The van der Waals surface area contributed by atoms with E-state index in [1.54, 1.807) is 14.2 Å². The van der Waals surface area contributed by atoms with Crippen LogP contribution in [-0.2, 0) is 13.1 Å². The standard InChI is InChI=1S/C25H35N5O2.HI/c1-26-25(28-17-19-12-13-23(27-16-19)30-14-5-6-15-30)29-18-20-8-7-11-22(31-2)24(20)32-21-9-3-4-10-21;/h7-8,11-13,16,21H,3-6,9-10,14-15,17-18H2,1-2H3,(H2,26,28,29);1H. The molecule has 1 aromatic heterocycles. The maximum Gasteiger partial charge on any atom is 0.191 e. The Bertz CT molecular complexity index is 894. The molecule has 1 aliphatic heterocycles. The Balaban J connectivity index is 0.00000306. The molecule has 2 heterocycles. The van der Waals surface area contributed by atoms with Crippen molar-refractivity contribution in [3.05, 3.63) is 47.7 Å². The molecule has 7 nitrogen and oxygen atoms in total. The zero-order chi connectivity index (χ0) is 22.2. The van der Waals surface area contributed by atoms with Crippen LogP contribution in [0, 0.1) is 0 Å². The maximum absolute atomic E-state index is 6.34. The monoisotopic (exact) mass is 565 g/mol. The summed E-state index contributed by atoms with van der Waals surface area (Å²) >= 11 is 0. The van der Waals surface area contributed by atoms with E-state index in [4.69, 9.17) is 9.47 Å². The Hall–Kier alpha value is -2.23. The first-order valence-electron chi connectivity index (χ1n) is 11.7. The highest BCUT2D eigenvalue weighted by atomic mass is 127. The smallest absolute Gasteiger partial charge is 0.191 e. The average molecular weight is 566 g/mol. The van der Waals surface area contributed by atoms with Gasteiger partial charge in [0, 0.05) is 45.0 Å². The molecule has 180 valence electrons. The number of hydrogen-bond donors (Lipinski definition) is 2. The van der Waals surface area contributed by atoms with Crippen molar-refractivity contribution in [3.63, 3.8) is 0 Å². The summed E-state index contributed by atoms with van der Waals surface area (Å²) in [4.78, 5) is 11.3. The van der Waals surface area contributed by atoms with Crippen LogP contribution in [0.4, 0.5) is 5.82 Å². The predicted octanol–water partition coefficient (Wildman–Crippen LogP) is 4.50. The lowest BCUT2D eigenvalue weighted by molar-refractivity contribution is 0.198. The third kappa shape index (κ3) is 6.88. The third-order valence-corrected chi connectivity index (χ3v) is 6.24. The molecule has 2 aromatic rings. The Labute approximate surface area is 214 Å². The molecule has 2 fully saturated rings. The second-order valence-electron chi connectivity index (χ2n) is 8.47. The van der Waals surface area contributed by atoms with Gasteiger partial charge < -0.3 is 25.0 Å². The van der Waals surface area contributed by atoms with E-state index in [9.17, 15) is 0 Å². The molecule has 0 atom stereocenters. The van der Waals surface area contributed by atoms with Crippen molar-refractivity contribution in [2.75, 3.05) is 32.1 Å². The number of benzene rings is 1. The molecule has 1 aromatic carbocycles. The van der Waals surface area contributed by atoms with Gasteiger partial charge in [-0.05, 0) is 56.2 Å². The summed E-state index contributed by atoms with van der Waals surface area (Å²) in [6.45, 7) is 3.48. The molecule has 4 rings (SSSR count). The average Bonchev–Trinajstić information content (AvgIpc) is 3.55. The second kappa shape index (κ2) is 12.9. The molecule has 2 N–H and O–H groups in total. The van der Waals surface area contributed by atoms with Gasteiger partial charge in [0.15, 0.2) is 17.5 Å². The van der Waals surface area contributed by atoms with E-state index in [-0.39, 0.29) is 30.1 Å². The van der Waals surface area contributed by atoms with E-state index in [2.05, 4.69) is 43.7 Å². The van der Waals surface area contributed by atoms with Gasteiger partial charge in [-0.1, -0.05) is 18.2 Å². The number of halogens is 1. The van der Waals surface area contributed by atoms with Gasteiger partial charge >= 0.3 is 0 Å². The van der Waals surface area contributed by atoms with Crippen LogP contribution < -0.4 is 25.0 Å². The number of para-hydroxylation sites is 1. The largest absolute Gasteiger partial charge is 0.493 e. The number of aliphatic imine (C=N–C) groups is 1. The molecule has 0 bridgehead atoms. The van der Waals surface area contributed by atoms with E-state index in [1.165, 1.54) is 25.7 Å². The van der Waals surface area contributed by atoms with Crippen LogP contribution in [-0.4, -0.2) is 44.3 Å². The fourth-order valence-electron chi connectivity index (χ4n) is 4.41. The van der Waals surface area contributed by atoms with Crippen molar-refractivity contribution in [1.29, 1.82) is 0 Å². The van der Waals surface area contributed by atoms with Crippen molar-refractivity contribution < 1.29 is 9.47 Å². The van der Waals surface area contributed by atoms with Gasteiger partial charge in [0.2, 0.25) is 0 Å². The zero-order valence-corrected chi connectivity index (χ0v) is 22.0. The molecule has 1 aliphatic carbocycles. The fraction of sp³-hybridized carbons (Fsp3) is 0.520. The Morgan fingerprint density at radius 3 is 2.48 bits per heavy atom. The Morgan fingerprint density at radius 1 is 1.06 bits per heavy atom. The number of rotatable bonds is 8. The van der Waals surface area contributed by atoms with Crippen LogP contribution in [0.25, 0.3) is 0 Å². The molecule has 0 radical (unpaired) electrons.